The van der Waals surface area contributed by atoms with Crippen LogP contribution in [0.3, 0.4) is 0 Å². The quantitative estimate of drug-likeness (QED) is 0.700. The predicted octanol–water partition coefficient (Wildman–Crippen LogP) is 3.25. The molecule has 7 heteroatoms. The van der Waals surface area contributed by atoms with Gasteiger partial charge in [0.1, 0.15) is 5.82 Å². The van der Waals surface area contributed by atoms with E-state index in [1.807, 2.05) is 39.0 Å². The Labute approximate surface area is 199 Å². The predicted molar refractivity (Wildman–Crippen MR) is 125 cm³/mol. The molecule has 5 rings (SSSR count). The summed E-state index contributed by atoms with van der Waals surface area (Å²) in [5.74, 6) is -0.0476. The second-order valence-corrected chi connectivity index (χ2v) is 9.60. The standard InChI is InChI=1S/C27H30FN3O3/c28-22-7-5-19(6-8-22)17-25(32)29-13-9-20(10-14-29)26(33)30-15-11-23(12-16-30)31-18-21-3-1-2-4-24(21)27(31)34/h1-8,20,23H,9-18H2. The number of nitrogens with zero attached hydrogens (tertiary/aromatic N) is 3. The molecule has 0 atom stereocenters. The van der Waals surface area contributed by atoms with Gasteiger partial charge >= 0.3 is 0 Å². The van der Waals surface area contributed by atoms with Gasteiger partial charge in [0, 0.05) is 50.2 Å². The number of carbonyl (C=O) groups is 3. The van der Waals surface area contributed by atoms with Gasteiger partial charge in [-0.25, -0.2) is 4.39 Å². The summed E-state index contributed by atoms with van der Waals surface area (Å²) < 4.78 is 13.1. The lowest BCUT2D eigenvalue weighted by molar-refractivity contribution is -0.141. The smallest absolute Gasteiger partial charge is 0.254 e. The van der Waals surface area contributed by atoms with E-state index in [-0.39, 0.29) is 41.9 Å². The van der Waals surface area contributed by atoms with E-state index in [1.165, 1.54) is 12.1 Å². The van der Waals surface area contributed by atoms with Gasteiger partial charge in [0.2, 0.25) is 11.8 Å². The van der Waals surface area contributed by atoms with Crippen molar-refractivity contribution in [2.75, 3.05) is 26.2 Å². The lowest BCUT2D eigenvalue weighted by Crippen LogP contribution is -2.50. The van der Waals surface area contributed by atoms with Crippen molar-refractivity contribution in [1.82, 2.24) is 14.7 Å². The fourth-order valence-electron chi connectivity index (χ4n) is 5.49. The maximum absolute atomic E-state index is 13.1. The average molecular weight is 464 g/mol. The number of hydrogen-bond donors (Lipinski definition) is 0. The molecule has 0 aromatic heterocycles. The average Bonchev–Trinajstić information content (AvgIpc) is 3.21. The number of carbonyl (C=O) groups excluding carboxylic acids is 3. The van der Waals surface area contributed by atoms with Crippen molar-refractivity contribution in [2.24, 2.45) is 5.92 Å². The van der Waals surface area contributed by atoms with Crippen LogP contribution in [0, 0.1) is 11.7 Å². The molecule has 0 N–H and O–H groups in total. The number of benzene rings is 2. The third-order valence-corrected chi connectivity index (χ3v) is 7.53. The lowest BCUT2D eigenvalue weighted by Gasteiger charge is -2.39. The highest BCUT2D eigenvalue weighted by atomic mass is 19.1. The van der Waals surface area contributed by atoms with E-state index in [1.54, 1.807) is 12.1 Å². The third-order valence-electron chi connectivity index (χ3n) is 7.53. The first-order valence-electron chi connectivity index (χ1n) is 12.2. The van der Waals surface area contributed by atoms with Crippen LogP contribution in [0.1, 0.15) is 47.2 Å². The molecule has 3 amide bonds. The van der Waals surface area contributed by atoms with Crippen LogP contribution in [-0.2, 0) is 22.6 Å². The van der Waals surface area contributed by atoms with Gasteiger partial charge in [-0.2, -0.15) is 0 Å². The fraction of sp³-hybridized carbons (Fsp3) is 0.444. The van der Waals surface area contributed by atoms with E-state index in [9.17, 15) is 18.8 Å². The maximum Gasteiger partial charge on any atom is 0.254 e. The largest absolute Gasteiger partial charge is 0.342 e. The molecule has 0 bridgehead atoms. The second-order valence-electron chi connectivity index (χ2n) is 9.60. The minimum atomic E-state index is -0.309. The van der Waals surface area contributed by atoms with Crippen LogP contribution < -0.4 is 0 Å². The summed E-state index contributed by atoms with van der Waals surface area (Å²) in [6, 6.07) is 14.0. The van der Waals surface area contributed by atoms with Crippen LogP contribution in [0.2, 0.25) is 0 Å². The Balaban J connectivity index is 1.08. The van der Waals surface area contributed by atoms with Crippen molar-refractivity contribution >= 4 is 17.7 Å². The summed E-state index contributed by atoms with van der Waals surface area (Å²) in [6.45, 7) is 3.17. The zero-order valence-corrected chi connectivity index (χ0v) is 19.3. The highest BCUT2D eigenvalue weighted by Gasteiger charge is 2.37. The Kier molecular flexibility index (Phi) is 6.35. The van der Waals surface area contributed by atoms with Crippen molar-refractivity contribution in [3.8, 4) is 0 Å². The molecule has 0 aliphatic carbocycles. The minimum absolute atomic E-state index is 0.0228. The Hall–Kier alpha value is -3.22. The number of halogens is 1. The molecule has 2 aromatic carbocycles. The molecule has 2 saturated heterocycles. The summed E-state index contributed by atoms with van der Waals surface area (Å²) >= 11 is 0. The van der Waals surface area contributed by atoms with Crippen molar-refractivity contribution in [3.63, 3.8) is 0 Å². The summed E-state index contributed by atoms with van der Waals surface area (Å²) in [5.41, 5.74) is 2.69. The number of piperidine rings is 2. The molecule has 178 valence electrons. The molecule has 2 aromatic rings. The molecule has 34 heavy (non-hydrogen) atoms. The molecule has 6 nitrogen and oxygen atoms in total. The molecule has 0 saturated carbocycles. The Morgan fingerprint density at radius 3 is 2.18 bits per heavy atom. The van der Waals surface area contributed by atoms with Crippen LogP contribution in [-0.4, -0.2) is 64.6 Å². The van der Waals surface area contributed by atoms with Gasteiger partial charge in [-0.05, 0) is 55.0 Å². The van der Waals surface area contributed by atoms with Crippen molar-refractivity contribution in [2.45, 2.75) is 44.7 Å². The van der Waals surface area contributed by atoms with E-state index < -0.39 is 0 Å². The summed E-state index contributed by atoms with van der Waals surface area (Å²) in [5, 5.41) is 0. The summed E-state index contributed by atoms with van der Waals surface area (Å²) in [7, 11) is 0. The summed E-state index contributed by atoms with van der Waals surface area (Å²) in [4.78, 5) is 44.2. The molecule has 0 radical (unpaired) electrons. The molecule has 3 aliphatic heterocycles. The van der Waals surface area contributed by atoms with Crippen LogP contribution in [0.25, 0.3) is 0 Å². The first kappa shape index (κ1) is 22.6. The fourth-order valence-corrected chi connectivity index (χ4v) is 5.49. The van der Waals surface area contributed by atoms with Crippen LogP contribution in [0.15, 0.2) is 48.5 Å². The molecule has 2 fully saturated rings. The highest BCUT2D eigenvalue weighted by Crippen LogP contribution is 2.29. The van der Waals surface area contributed by atoms with Gasteiger partial charge in [-0.1, -0.05) is 30.3 Å². The van der Waals surface area contributed by atoms with Gasteiger partial charge in [0.15, 0.2) is 0 Å². The number of amides is 3. The molecule has 0 unspecified atom stereocenters. The van der Waals surface area contributed by atoms with Crippen LogP contribution >= 0.6 is 0 Å². The van der Waals surface area contributed by atoms with E-state index in [2.05, 4.69) is 0 Å². The molecule has 0 spiro atoms. The van der Waals surface area contributed by atoms with Gasteiger partial charge < -0.3 is 14.7 Å². The third kappa shape index (κ3) is 4.56. The second kappa shape index (κ2) is 9.57. The van der Waals surface area contributed by atoms with Crippen molar-refractivity contribution in [1.29, 1.82) is 0 Å². The van der Waals surface area contributed by atoms with Gasteiger partial charge in [0.25, 0.3) is 5.91 Å². The molecule has 3 heterocycles. The molecular formula is C27H30FN3O3. The Bertz CT molecular complexity index is 1070. The monoisotopic (exact) mass is 463 g/mol. The first-order valence-corrected chi connectivity index (χ1v) is 12.2. The zero-order valence-electron chi connectivity index (χ0n) is 19.3. The first-order chi connectivity index (χ1) is 16.5. The van der Waals surface area contributed by atoms with Crippen LogP contribution in [0.4, 0.5) is 4.39 Å². The van der Waals surface area contributed by atoms with Gasteiger partial charge in [0.05, 0.1) is 6.42 Å². The van der Waals surface area contributed by atoms with Gasteiger partial charge in [-0.15, -0.1) is 0 Å². The molecule has 3 aliphatic rings. The lowest BCUT2D eigenvalue weighted by atomic mass is 9.93. The van der Waals surface area contributed by atoms with Gasteiger partial charge in [-0.3, -0.25) is 14.4 Å². The SMILES string of the molecule is O=C(Cc1ccc(F)cc1)N1CCC(C(=O)N2CCC(N3Cc4ccccc4C3=O)CC2)CC1. The van der Waals surface area contributed by atoms with Crippen molar-refractivity contribution < 1.29 is 18.8 Å². The normalized spacial score (nSPS) is 19.4. The Morgan fingerprint density at radius 2 is 1.50 bits per heavy atom. The van der Waals surface area contributed by atoms with Crippen molar-refractivity contribution in [3.05, 3.63) is 71.0 Å². The minimum Gasteiger partial charge on any atom is -0.342 e. The van der Waals surface area contributed by atoms with Crippen LogP contribution in [0.5, 0.6) is 0 Å². The zero-order chi connectivity index (χ0) is 23.7. The van der Waals surface area contributed by atoms with E-state index in [0.717, 1.165) is 29.5 Å². The van der Waals surface area contributed by atoms with E-state index >= 15 is 0 Å². The van der Waals surface area contributed by atoms with E-state index in [0.29, 0.717) is 45.6 Å². The topological polar surface area (TPSA) is 60.9 Å². The Morgan fingerprint density at radius 1 is 0.853 bits per heavy atom. The number of likely N-dealkylation sites (tertiary alicyclic amines) is 2. The molecular weight excluding hydrogens is 433 g/mol. The number of rotatable bonds is 4. The summed E-state index contributed by atoms with van der Waals surface area (Å²) in [6.07, 6.45) is 3.22. The number of fused-ring (bicyclic) bond motifs is 1. The maximum atomic E-state index is 13.1. The number of hydrogen-bond acceptors (Lipinski definition) is 3. The van der Waals surface area contributed by atoms with E-state index in [4.69, 9.17) is 0 Å². The highest BCUT2D eigenvalue weighted by molar-refractivity contribution is 5.98.